The first-order valence-electron chi connectivity index (χ1n) is 6.83. The summed E-state index contributed by atoms with van der Waals surface area (Å²) >= 11 is 0. The van der Waals surface area contributed by atoms with Gasteiger partial charge in [0.15, 0.2) is 0 Å². The second kappa shape index (κ2) is 6.62. The third-order valence-electron chi connectivity index (χ3n) is 3.49. The van der Waals surface area contributed by atoms with Gasteiger partial charge in [-0.3, -0.25) is 0 Å². The first-order valence-corrected chi connectivity index (χ1v) is 6.83. The van der Waals surface area contributed by atoms with Crippen molar-refractivity contribution in [2.75, 3.05) is 17.2 Å². The van der Waals surface area contributed by atoms with Crippen LogP contribution >= 0.6 is 0 Å². The van der Waals surface area contributed by atoms with Gasteiger partial charge in [-0.15, -0.1) is 0 Å². The third-order valence-corrected chi connectivity index (χ3v) is 3.49. The number of anilines is 2. The van der Waals surface area contributed by atoms with E-state index in [1.54, 1.807) is 6.92 Å². The molecule has 0 aliphatic carbocycles. The monoisotopic (exact) mass is 252 g/mol. The molecule has 0 fully saturated rings. The highest BCUT2D eigenvalue weighted by molar-refractivity contribution is 5.69. The van der Waals surface area contributed by atoms with Crippen LogP contribution in [0.1, 0.15) is 45.6 Å². The van der Waals surface area contributed by atoms with Crippen LogP contribution < -0.4 is 10.6 Å². The number of nitrogen functional groups attached to an aromatic ring is 1. The summed E-state index contributed by atoms with van der Waals surface area (Å²) in [4.78, 5) is 2.30. The van der Waals surface area contributed by atoms with E-state index in [1.165, 1.54) is 6.07 Å². The second-order valence-electron chi connectivity index (χ2n) is 4.96. The van der Waals surface area contributed by atoms with Gasteiger partial charge in [0.05, 0.1) is 11.4 Å². The van der Waals surface area contributed by atoms with E-state index in [0.29, 0.717) is 17.3 Å². The third kappa shape index (κ3) is 3.37. The lowest BCUT2D eigenvalue weighted by Crippen LogP contribution is -2.34. The van der Waals surface area contributed by atoms with Crippen LogP contribution in [0.5, 0.6) is 0 Å². The Hall–Kier alpha value is -1.25. The largest absolute Gasteiger partial charge is 0.397 e. The van der Waals surface area contributed by atoms with E-state index in [9.17, 15) is 4.39 Å². The molecule has 2 nitrogen and oxygen atoms in total. The maximum Gasteiger partial charge on any atom is 0.128 e. The van der Waals surface area contributed by atoms with Gasteiger partial charge >= 0.3 is 0 Å². The molecule has 0 aliphatic rings. The molecule has 0 saturated carbocycles. The fourth-order valence-corrected chi connectivity index (χ4v) is 2.06. The summed E-state index contributed by atoms with van der Waals surface area (Å²) in [6.07, 6.45) is 3.33. The summed E-state index contributed by atoms with van der Waals surface area (Å²) in [7, 11) is 0. The number of nitrogens with zero attached hydrogens (tertiary/aromatic N) is 1. The molecule has 1 aromatic rings. The molecule has 0 spiro atoms. The molecule has 0 bridgehead atoms. The maximum atomic E-state index is 13.5. The lowest BCUT2D eigenvalue weighted by atomic mass is 10.1. The van der Waals surface area contributed by atoms with Gasteiger partial charge in [-0.05, 0) is 44.4 Å². The molecule has 0 heterocycles. The average molecular weight is 252 g/mol. The van der Waals surface area contributed by atoms with Crippen LogP contribution in [0.15, 0.2) is 12.1 Å². The van der Waals surface area contributed by atoms with Crippen molar-refractivity contribution in [3.8, 4) is 0 Å². The predicted molar refractivity (Wildman–Crippen MR) is 77.6 cm³/mol. The Kier molecular flexibility index (Phi) is 5.45. The van der Waals surface area contributed by atoms with Gasteiger partial charge in [0.25, 0.3) is 0 Å². The Morgan fingerprint density at radius 2 is 2.00 bits per heavy atom. The number of hydrogen-bond donors (Lipinski definition) is 1. The Morgan fingerprint density at radius 1 is 1.33 bits per heavy atom. The predicted octanol–water partition coefficient (Wildman–Crippen LogP) is 4.12. The maximum absolute atomic E-state index is 13.5. The number of nitrogens with two attached hydrogens (primary N) is 1. The van der Waals surface area contributed by atoms with E-state index >= 15 is 0 Å². The quantitative estimate of drug-likeness (QED) is 0.772. The number of halogens is 1. The van der Waals surface area contributed by atoms with Crippen LogP contribution in [0.2, 0.25) is 0 Å². The molecule has 1 rings (SSSR count). The van der Waals surface area contributed by atoms with Crippen molar-refractivity contribution in [1.29, 1.82) is 0 Å². The molecule has 0 amide bonds. The lowest BCUT2D eigenvalue weighted by molar-refractivity contribution is 0.592. The molecule has 0 saturated heterocycles. The van der Waals surface area contributed by atoms with Crippen molar-refractivity contribution in [2.45, 2.75) is 53.0 Å². The fourth-order valence-electron chi connectivity index (χ4n) is 2.06. The van der Waals surface area contributed by atoms with E-state index in [0.717, 1.165) is 31.5 Å². The van der Waals surface area contributed by atoms with E-state index in [4.69, 9.17) is 5.73 Å². The fraction of sp³-hybridized carbons (Fsp3) is 0.600. The zero-order valence-electron chi connectivity index (χ0n) is 12.0. The summed E-state index contributed by atoms with van der Waals surface area (Å²) in [5.74, 6) is -0.226. The lowest BCUT2D eigenvalue weighted by Gasteiger charge is -2.32. The molecular weight excluding hydrogens is 227 g/mol. The topological polar surface area (TPSA) is 29.3 Å². The Labute approximate surface area is 110 Å². The minimum absolute atomic E-state index is 0.226. The van der Waals surface area contributed by atoms with Crippen LogP contribution in [0.4, 0.5) is 15.8 Å². The Morgan fingerprint density at radius 3 is 2.56 bits per heavy atom. The summed E-state index contributed by atoms with van der Waals surface area (Å²) in [6.45, 7) is 9.28. The standard InChI is InChI=1S/C15H25FN2/c1-5-7-8-18(12(4)6-2)15-9-11(3)13(16)10-14(15)17/h9-10,12H,5-8,17H2,1-4H3. The van der Waals surface area contributed by atoms with E-state index in [2.05, 4.69) is 25.7 Å². The summed E-state index contributed by atoms with van der Waals surface area (Å²) in [6, 6.07) is 3.72. The molecule has 0 aliphatic heterocycles. The molecule has 1 unspecified atom stereocenters. The van der Waals surface area contributed by atoms with Crippen molar-refractivity contribution in [3.05, 3.63) is 23.5 Å². The van der Waals surface area contributed by atoms with Crippen LogP contribution in [-0.2, 0) is 0 Å². The molecule has 0 aromatic heterocycles. The SMILES string of the molecule is CCCCN(c1cc(C)c(F)cc1N)C(C)CC. The first kappa shape index (κ1) is 14.8. The summed E-state index contributed by atoms with van der Waals surface area (Å²) in [5, 5.41) is 0. The van der Waals surface area contributed by atoms with E-state index in [-0.39, 0.29) is 5.82 Å². The molecular formula is C15H25FN2. The average Bonchev–Trinajstić information content (AvgIpc) is 2.35. The van der Waals surface area contributed by atoms with Gasteiger partial charge < -0.3 is 10.6 Å². The van der Waals surface area contributed by atoms with Crippen molar-refractivity contribution < 1.29 is 4.39 Å². The van der Waals surface area contributed by atoms with Crippen molar-refractivity contribution in [2.24, 2.45) is 0 Å². The van der Waals surface area contributed by atoms with E-state index < -0.39 is 0 Å². The highest BCUT2D eigenvalue weighted by Gasteiger charge is 2.16. The molecule has 1 atom stereocenters. The van der Waals surface area contributed by atoms with Gasteiger partial charge in [0.1, 0.15) is 5.82 Å². The van der Waals surface area contributed by atoms with Gasteiger partial charge in [-0.1, -0.05) is 20.3 Å². The highest BCUT2D eigenvalue weighted by Crippen LogP contribution is 2.29. The zero-order valence-corrected chi connectivity index (χ0v) is 12.0. The number of rotatable bonds is 6. The second-order valence-corrected chi connectivity index (χ2v) is 4.96. The van der Waals surface area contributed by atoms with Crippen LogP contribution in [-0.4, -0.2) is 12.6 Å². The Bertz CT molecular complexity index is 390. The summed E-state index contributed by atoms with van der Waals surface area (Å²) < 4.78 is 13.5. The van der Waals surface area contributed by atoms with Crippen molar-refractivity contribution >= 4 is 11.4 Å². The van der Waals surface area contributed by atoms with Crippen molar-refractivity contribution in [3.63, 3.8) is 0 Å². The van der Waals surface area contributed by atoms with Crippen LogP contribution in [0.3, 0.4) is 0 Å². The van der Waals surface area contributed by atoms with Gasteiger partial charge in [-0.2, -0.15) is 0 Å². The van der Waals surface area contributed by atoms with E-state index in [1.807, 2.05) is 6.07 Å². The highest BCUT2D eigenvalue weighted by atomic mass is 19.1. The van der Waals surface area contributed by atoms with Gasteiger partial charge in [0, 0.05) is 12.6 Å². The number of hydrogen-bond acceptors (Lipinski definition) is 2. The minimum Gasteiger partial charge on any atom is -0.397 e. The number of unbranched alkanes of at least 4 members (excludes halogenated alkanes) is 1. The minimum atomic E-state index is -0.226. The molecule has 102 valence electrons. The zero-order chi connectivity index (χ0) is 13.7. The number of benzene rings is 1. The first-order chi connectivity index (χ1) is 8.51. The normalized spacial score (nSPS) is 12.5. The smallest absolute Gasteiger partial charge is 0.128 e. The molecule has 1 aromatic carbocycles. The molecule has 0 radical (unpaired) electrons. The van der Waals surface area contributed by atoms with Gasteiger partial charge in [0.2, 0.25) is 0 Å². The number of aryl methyl sites for hydroxylation is 1. The molecule has 3 heteroatoms. The molecule has 2 N–H and O–H groups in total. The van der Waals surface area contributed by atoms with Crippen molar-refractivity contribution in [1.82, 2.24) is 0 Å². The van der Waals surface area contributed by atoms with Crippen LogP contribution in [0, 0.1) is 12.7 Å². The van der Waals surface area contributed by atoms with Crippen LogP contribution in [0.25, 0.3) is 0 Å². The Balaban J connectivity index is 3.07. The molecule has 18 heavy (non-hydrogen) atoms. The van der Waals surface area contributed by atoms with Gasteiger partial charge in [-0.25, -0.2) is 4.39 Å². The summed E-state index contributed by atoms with van der Waals surface area (Å²) in [5.41, 5.74) is 8.14.